The highest BCUT2D eigenvalue weighted by Crippen LogP contribution is 2.31. The lowest BCUT2D eigenvalue weighted by atomic mass is 10.1. The molecule has 1 aromatic heterocycles. The molecule has 0 saturated carbocycles. The molecule has 0 aliphatic carbocycles. The first-order valence-electron chi connectivity index (χ1n) is 6.33. The second-order valence-electron chi connectivity index (χ2n) is 4.93. The smallest absolute Gasteiger partial charge is 0.186 e. The van der Waals surface area contributed by atoms with E-state index in [4.69, 9.17) is 0 Å². The highest BCUT2D eigenvalue weighted by Gasteiger charge is 2.25. The lowest BCUT2D eigenvalue weighted by molar-refractivity contribution is 0.440. The normalized spacial score (nSPS) is 11.3. The first-order valence-corrected chi connectivity index (χ1v) is 6.33. The summed E-state index contributed by atoms with van der Waals surface area (Å²) in [6.45, 7) is 2.76. The molecule has 0 aliphatic heterocycles. The summed E-state index contributed by atoms with van der Waals surface area (Å²) >= 11 is 0. The van der Waals surface area contributed by atoms with Crippen molar-refractivity contribution in [3.63, 3.8) is 0 Å². The van der Waals surface area contributed by atoms with Crippen molar-refractivity contribution in [2.75, 3.05) is 0 Å². The molecule has 0 unspecified atom stereocenters. The Hall–Kier alpha value is -2.30. The number of hydrogen-bond donors (Lipinski definition) is 0. The third-order valence-electron chi connectivity index (χ3n) is 3.61. The zero-order valence-electron chi connectivity index (χ0n) is 11.3. The van der Waals surface area contributed by atoms with Gasteiger partial charge in [0.2, 0.25) is 0 Å². The molecule has 0 amide bonds. The van der Waals surface area contributed by atoms with Gasteiger partial charge in [0, 0.05) is 17.1 Å². The molecule has 108 valence electrons. The molecule has 1 heterocycles. The van der Waals surface area contributed by atoms with E-state index < -0.39 is 34.5 Å². The van der Waals surface area contributed by atoms with Crippen molar-refractivity contribution >= 4 is 10.9 Å². The summed E-state index contributed by atoms with van der Waals surface area (Å²) < 4.78 is 56.8. The Bertz CT molecular complexity index is 835. The largest absolute Gasteiger partial charge is 0.311 e. The molecule has 1 nitrogen and oxygen atoms in total. The molecule has 0 aliphatic rings. The van der Waals surface area contributed by atoms with Crippen LogP contribution in [0.1, 0.15) is 11.1 Å². The van der Waals surface area contributed by atoms with Gasteiger partial charge >= 0.3 is 0 Å². The van der Waals surface area contributed by atoms with Crippen LogP contribution in [0.2, 0.25) is 0 Å². The second-order valence-corrected chi connectivity index (χ2v) is 4.93. The predicted octanol–water partition coefficient (Wildman–Crippen LogP) is 4.80. The number of nitrogens with zero attached hydrogens (tertiary/aromatic N) is 1. The van der Waals surface area contributed by atoms with Gasteiger partial charge in [-0.3, -0.25) is 0 Å². The molecule has 0 spiro atoms. The SMILES string of the molecule is Cc1c(F)c(F)c(-n2cc(C)c3ccccc32)c(F)c1F. The van der Waals surface area contributed by atoms with Crippen LogP contribution in [0.15, 0.2) is 30.5 Å². The Labute approximate surface area is 118 Å². The summed E-state index contributed by atoms with van der Waals surface area (Å²) in [5, 5.41) is 0.762. The minimum atomic E-state index is -1.40. The van der Waals surface area contributed by atoms with Crippen molar-refractivity contribution in [2.45, 2.75) is 13.8 Å². The fourth-order valence-corrected chi connectivity index (χ4v) is 2.48. The molecule has 3 rings (SSSR count). The molecule has 0 atom stereocenters. The highest BCUT2D eigenvalue weighted by atomic mass is 19.2. The topological polar surface area (TPSA) is 4.93 Å². The van der Waals surface area contributed by atoms with E-state index in [0.29, 0.717) is 5.52 Å². The Balaban J connectivity index is 2.44. The van der Waals surface area contributed by atoms with Crippen molar-refractivity contribution in [1.82, 2.24) is 4.57 Å². The first-order chi connectivity index (χ1) is 9.93. The average molecular weight is 293 g/mol. The van der Waals surface area contributed by atoms with Crippen LogP contribution in [0.5, 0.6) is 0 Å². The molecule has 3 aromatic rings. The molecule has 0 radical (unpaired) electrons. The minimum absolute atomic E-state index is 0.482. The number of rotatable bonds is 1. The van der Waals surface area contributed by atoms with Crippen LogP contribution < -0.4 is 0 Å². The number of hydrogen-bond acceptors (Lipinski definition) is 0. The van der Waals surface area contributed by atoms with Crippen LogP contribution in [0.4, 0.5) is 17.6 Å². The van der Waals surface area contributed by atoms with Gasteiger partial charge in [0.05, 0.1) is 5.52 Å². The van der Waals surface area contributed by atoms with E-state index in [-0.39, 0.29) is 0 Å². The average Bonchev–Trinajstić information content (AvgIpc) is 2.81. The fourth-order valence-electron chi connectivity index (χ4n) is 2.48. The van der Waals surface area contributed by atoms with Crippen LogP contribution in [0.25, 0.3) is 16.6 Å². The van der Waals surface area contributed by atoms with Crippen molar-refractivity contribution in [3.05, 3.63) is 64.9 Å². The molecule has 2 aromatic carbocycles. The third-order valence-corrected chi connectivity index (χ3v) is 3.61. The van der Waals surface area contributed by atoms with Gasteiger partial charge in [-0.15, -0.1) is 0 Å². The number of aryl methyl sites for hydroxylation is 1. The molecule has 0 bridgehead atoms. The monoisotopic (exact) mass is 293 g/mol. The van der Waals surface area contributed by atoms with E-state index in [1.165, 1.54) is 6.20 Å². The highest BCUT2D eigenvalue weighted by molar-refractivity contribution is 5.85. The number of para-hydroxylation sites is 1. The van der Waals surface area contributed by atoms with Crippen LogP contribution in [-0.4, -0.2) is 4.57 Å². The summed E-state index contributed by atoms with van der Waals surface area (Å²) in [5.41, 5.74) is -0.164. The van der Waals surface area contributed by atoms with Gasteiger partial charge in [0.1, 0.15) is 5.69 Å². The Morgan fingerprint density at radius 3 is 2.00 bits per heavy atom. The number of aromatic nitrogens is 1. The lowest BCUT2D eigenvalue weighted by Gasteiger charge is -2.11. The third kappa shape index (κ3) is 1.84. The molecular formula is C16H11F4N. The Morgan fingerprint density at radius 1 is 0.810 bits per heavy atom. The predicted molar refractivity (Wildman–Crippen MR) is 72.6 cm³/mol. The van der Waals surface area contributed by atoms with Gasteiger partial charge in [-0.2, -0.15) is 0 Å². The van der Waals surface area contributed by atoms with Gasteiger partial charge in [-0.05, 0) is 25.5 Å². The van der Waals surface area contributed by atoms with Gasteiger partial charge < -0.3 is 4.57 Å². The van der Waals surface area contributed by atoms with Crippen molar-refractivity contribution in [3.8, 4) is 5.69 Å². The van der Waals surface area contributed by atoms with Crippen LogP contribution in [0, 0.1) is 37.1 Å². The van der Waals surface area contributed by atoms with Gasteiger partial charge in [-0.25, -0.2) is 17.6 Å². The van der Waals surface area contributed by atoms with E-state index >= 15 is 0 Å². The fraction of sp³-hybridized carbons (Fsp3) is 0.125. The second kappa shape index (κ2) is 4.62. The maximum Gasteiger partial charge on any atom is 0.186 e. The van der Waals surface area contributed by atoms with Gasteiger partial charge in [0.25, 0.3) is 0 Å². The summed E-state index contributed by atoms with van der Waals surface area (Å²) in [4.78, 5) is 0. The van der Waals surface area contributed by atoms with E-state index in [2.05, 4.69) is 0 Å². The molecule has 0 N–H and O–H groups in total. The summed E-state index contributed by atoms with van der Waals surface area (Å²) in [7, 11) is 0. The minimum Gasteiger partial charge on any atom is -0.311 e. The standard InChI is InChI=1S/C16H11F4N/c1-8-7-21(11-6-4-3-5-10(8)11)16-14(19)12(17)9(2)13(18)15(16)20/h3-7H,1-2H3. The molecule has 5 heteroatoms. The first kappa shape index (κ1) is 13.7. The Kier molecular flexibility index (Phi) is 3.01. The summed E-state index contributed by atoms with van der Waals surface area (Å²) in [5.74, 6) is -5.54. The van der Waals surface area contributed by atoms with E-state index in [9.17, 15) is 17.6 Å². The number of fused-ring (bicyclic) bond motifs is 1. The van der Waals surface area contributed by atoms with E-state index in [0.717, 1.165) is 22.4 Å². The molecule has 21 heavy (non-hydrogen) atoms. The maximum absolute atomic E-state index is 14.1. The van der Waals surface area contributed by atoms with Crippen LogP contribution >= 0.6 is 0 Å². The van der Waals surface area contributed by atoms with Gasteiger partial charge in [0.15, 0.2) is 23.3 Å². The quantitative estimate of drug-likeness (QED) is 0.448. The zero-order chi connectivity index (χ0) is 15.3. The molecular weight excluding hydrogens is 282 g/mol. The van der Waals surface area contributed by atoms with Gasteiger partial charge in [-0.1, -0.05) is 18.2 Å². The number of benzene rings is 2. The molecule has 0 fully saturated rings. The molecule has 0 saturated heterocycles. The van der Waals surface area contributed by atoms with E-state index in [1.807, 2.05) is 0 Å². The van der Waals surface area contributed by atoms with E-state index in [1.54, 1.807) is 31.2 Å². The van der Waals surface area contributed by atoms with Crippen molar-refractivity contribution in [1.29, 1.82) is 0 Å². The lowest BCUT2D eigenvalue weighted by Crippen LogP contribution is -2.08. The summed E-state index contributed by atoms with van der Waals surface area (Å²) in [6, 6.07) is 6.88. The summed E-state index contributed by atoms with van der Waals surface area (Å²) in [6.07, 6.45) is 1.46. The zero-order valence-corrected chi connectivity index (χ0v) is 11.3. The van der Waals surface area contributed by atoms with Crippen molar-refractivity contribution in [2.24, 2.45) is 0 Å². The number of halogens is 4. The van der Waals surface area contributed by atoms with Crippen LogP contribution in [0.3, 0.4) is 0 Å². The maximum atomic E-state index is 14.1. The Morgan fingerprint density at radius 2 is 1.38 bits per heavy atom. The van der Waals surface area contributed by atoms with Crippen molar-refractivity contribution < 1.29 is 17.6 Å². The van der Waals surface area contributed by atoms with Crippen LogP contribution in [-0.2, 0) is 0 Å².